The molecular weight excluding hydrogens is 260 g/mol. The van der Waals surface area contributed by atoms with Crippen molar-refractivity contribution in [2.45, 2.75) is 33.9 Å². The van der Waals surface area contributed by atoms with Gasteiger partial charge in [0.05, 0.1) is 0 Å². The van der Waals surface area contributed by atoms with Crippen LogP contribution in [-0.4, -0.2) is 11.5 Å². The van der Waals surface area contributed by atoms with E-state index in [4.69, 9.17) is 4.74 Å². The number of aromatic nitrogens is 1. The van der Waals surface area contributed by atoms with Gasteiger partial charge in [-0.2, -0.15) is 0 Å². The number of hydrogen-bond donors (Lipinski definition) is 1. The molecule has 3 heteroatoms. The van der Waals surface area contributed by atoms with Crippen LogP contribution in [0, 0.1) is 12.8 Å². The van der Waals surface area contributed by atoms with Crippen LogP contribution in [0.5, 0.6) is 5.88 Å². The minimum atomic E-state index is 0.552. The number of aryl methyl sites for hydroxylation is 1. The summed E-state index contributed by atoms with van der Waals surface area (Å²) in [4.78, 5) is 4.44. The van der Waals surface area contributed by atoms with Crippen molar-refractivity contribution in [3.63, 3.8) is 0 Å². The van der Waals surface area contributed by atoms with Gasteiger partial charge in [0.2, 0.25) is 5.88 Å². The van der Waals surface area contributed by atoms with Gasteiger partial charge in [-0.1, -0.05) is 44.2 Å². The highest BCUT2D eigenvalue weighted by Gasteiger charge is 2.03. The smallest absolute Gasteiger partial charge is 0.214 e. The molecule has 0 atom stereocenters. The maximum atomic E-state index is 5.80. The average molecular weight is 284 g/mol. The van der Waals surface area contributed by atoms with E-state index in [1.54, 1.807) is 0 Å². The molecule has 1 aromatic carbocycles. The molecule has 0 fully saturated rings. The van der Waals surface area contributed by atoms with Gasteiger partial charge in [-0.05, 0) is 36.6 Å². The highest BCUT2D eigenvalue weighted by molar-refractivity contribution is 5.25. The van der Waals surface area contributed by atoms with Crippen LogP contribution in [0.15, 0.2) is 42.5 Å². The third-order valence-corrected chi connectivity index (χ3v) is 3.10. The summed E-state index contributed by atoms with van der Waals surface area (Å²) >= 11 is 0. The molecule has 0 radical (unpaired) electrons. The number of pyridine rings is 1. The fourth-order valence-corrected chi connectivity index (χ4v) is 2.12. The molecule has 2 rings (SSSR count). The maximum absolute atomic E-state index is 5.80. The van der Waals surface area contributed by atoms with E-state index in [1.807, 2.05) is 31.2 Å². The molecule has 0 spiro atoms. The molecule has 0 aliphatic carbocycles. The Kier molecular flexibility index (Phi) is 5.76. The molecule has 0 aliphatic rings. The second kappa shape index (κ2) is 7.79. The molecule has 1 heterocycles. The van der Waals surface area contributed by atoms with E-state index >= 15 is 0 Å². The van der Waals surface area contributed by atoms with Crippen LogP contribution >= 0.6 is 0 Å². The standard InChI is InChI=1S/C18H24N2O/c1-14(2)11-19-12-17-9-15(3)20-18(10-17)21-13-16-7-5-4-6-8-16/h4-10,14,19H,11-13H2,1-3H3. The molecule has 2 aromatic rings. The molecule has 1 aromatic heterocycles. The molecule has 0 unspecified atom stereocenters. The number of nitrogens with one attached hydrogen (secondary N) is 1. The van der Waals surface area contributed by atoms with Crippen LogP contribution in [0.4, 0.5) is 0 Å². The highest BCUT2D eigenvalue weighted by atomic mass is 16.5. The van der Waals surface area contributed by atoms with Crippen LogP contribution in [0.25, 0.3) is 0 Å². The first-order valence-electron chi connectivity index (χ1n) is 7.48. The zero-order chi connectivity index (χ0) is 15.1. The van der Waals surface area contributed by atoms with E-state index in [9.17, 15) is 0 Å². The molecule has 0 bridgehead atoms. The monoisotopic (exact) mass is 284 g/mol. The van der Waals surface area contributed by atoms with Crippen LogP contribution in [0.2, 0.25) is 0 Å². The summed E-state index contributed by atoms with van der Waals surface area (Å²) < 4.78 is 5.80. The van der Waals surface area contributed by atoms with Gasteiger partial charge in [0.25, 0.3) is 0 Å². The van der Waals surface area contributed by atoms with Crippen molar-refractivity contribution in [1.29, 1.82) is 0 Å². The van der Waals surface area contributed by atoms with Crippen molar-refractivity contribution in [1.82, 2.24) is 10.3 Å². The summed E-state index contributed by atoms with van der Waals surface area (Å²) in [7, 11) is 0. The summed E-state index contributed by atoms with van der Waals surface area (Å²) in [5.74, 6) is 1.35. The summed E-state index contributed by atoms with van der Waals surface area (Å²) in [5.41, 5.74) is 3.36. The molecule has 21 heavy (non-hydrogen) atoms. The first kappa shape index (κ1) is 15.5. The zero-order valence-electron chi connectivity index (χ0n) is 13.1. The van der Waals surface area contributed by atoms with Crippen LogP contribution in [-0.2, 0) is 13.2 Å². The van der Waals surface area contributed by atoms with Gasteiger partial charge in [-0.25, -0.2) is 4.98 Å². The van der Waals surface area contributed by atoms with Gasteiger partial charge >= 0.3 is 0 Å². The molecular formula is C18H24N2O. The summed E-state index contributed by atoms with van der Waals surface area (Å²) in [5, 5.41) is 3.45. The highest BCUT2D eigenvalue weighted by Crippen LogP contribution is 2.14. The lowest BCUT2D eigenvalue weighted by Gasteiger charge is -2.11. The van der Waals surface area contributed by atoms with Crippen molar-refractivity contribution < 1.29 is 4.74 Å². The Balaban J connectivity index is 1.94. The molecule has 112 valence electrons. The van der Waals surface area contributed by atoms with Crippen molar-refractivity contribution in [2.24, 2.45) is 5.92 Å². The SMILES string of the molecule is Cc1cc(CNCC(C)C)cc(OCc2ccccc2)n1. The Hall–Kier alpha value is -1.87. The predicted molar refractivity (Wildman–Crippen MR) is 86.3 cm³/mol. The second-order valence-electron chi connectivity index (χ2n) is 5.75. The lowest BCUT2D eigenvalue weighted by atomic mass is 10.2. The number of nitrogens with zero attached hydrogens (tertiary/aromatic N) is 1. The van der Waals surface area contributed by atoms with Gasteiger partial charge in [-0.15, -0.1) is 0 Å². The van der Waals surface area contributed by atoms with Crippen molar-refractivity contribution in [3.8, 4) is 5.88 Å². The molecule has 0 saturated carbocycles. The van der Waals surface area contributed by atoms with Crippen LogP contribution < -0.4 is 10.1 Å². The van der Waals surface area contributed by atoms with Gasteiger partial charge in [0, 0.05) is 18.3 Å². The Bertz CT molecular complexity index is 552. The van der Waals surface area contributed by atoms with Gasteiger partial charge in [0.1, 0.15) is 6.61 Å². The molecule has 0 saturated heterocycles. The molecule has 0 amide bonds. The lowest BCUT2D eigenvalue weighted by molar-refractivity contribution is 0.293. The van der Waals surface area contributed by atoms with E-state index in [-0.39, 0.29) is 0 Å². The normalized spacial score (nSPS) is 10.9. The summed E-state index contributed by atoms with van der Waals surface area (Å²) in [6.07, 6.45) is 0. The molecule has 1 N–H and O–H groups in total. The minimum Gasteiger partial charge on any atom is -0.473 e. The molecule has 0 aliphatic heterocycles. The van der Waals surface area contributed by atoms with Crippen molar-refractivity contribution in [3.05, 3.63) is 59.3 Å². The summed E-state index contributed by atoms with van der Waals surface area (Å²) in [6.45, 7) is 8.83. The largest absolute Gasteiger partial charge is 0.473 e. The maximum Gasteiger partial charge on any atom is 0.214 e. The summed E-state index contributed by atoms with van der Waals surface area (Å²) in [6, 6.07) is 14.3. The first-order chi connectivity index (χ1) is 10.1. The van der Waals surface area contributed by atoms with E-state index in [0.717, 1.165) is 24.3 Å². The second-order valence-corrected chi connectivity index (χ2v) is 5.75. The Morgan fingerprint density at radius 2 is 1.86 bits per heavy atom. The molecule has 3 nitrogen and oxygen atoms in total. The van der Waals surface area contributed by atoms with Gasteiger partial charge in [0.15, 0.2) is 0 Å². The van der Waals surface area contributed by atoms with Gasteiger partial charge < -0.3 is 10.1 Å². The minimum absolute atomic E-state index is 0.552. The van der Waals surface area contributed by atoms with E-state index in [0.29, 0.717) is 18.4 Å². The Labute approximate surface area is 127 Å². The topological polar surface area (TPSA) is 34.1 Å². The first-order valence-corrected chi connectivity index (χ1v) is 7.48. The van der Waals surface area contributed by atoms with E-state index in [2.05, 4.69) is 42.3 Å². The Morgan fingerprint density at radius 3 is 2.57 bits per heavy atom. The van der Waals surface area contributed by atoms with E-state index in [1.165, 1.54) is 5.56 Å². The van der Waals surface area contributed by atoms with Crippen molar-refractivity contribution in [2.75, 3.05) is 6.54 Å². The third-order valence-electron chi connectivity index (χ3n) is 3.10. The average Bonchev–Trinajstić information content (AvgIpc) is 2.45. The third kappa shape index (κ3) is 5.56. The number of benzene rings is 1. The van der Waals surface area contributed by atoms with Crippen molar-refractivity contribution >= 4 is 0 Å². The van der Waals surface area contributed by atoms with Gasteiger partial charge in [-0.3, -0.25) is 0 Å². The quantitative estimate of drug-likeness (QED) is 0.841. The number of hydrogen-bond acceptors (Lipinski definition) is 3. The Morgan fingerprint density at radius 1 is 1.10 bits per heavy atom. The number of rotatable bonds is 7. The van der Waals surface area contributed by atoms with Crippen LogP contribution in [0.1, 0.15) is 30.7 Å². The predicted octanol–water partition coefficient (Wildman–Crippen LogP) is 3.71. The lowest BCUT2D eigenvalue weighted by Crippen LogP contribution is -2.19. The van der Waals surface area contributed by atoms with Crippen LogP contribution in [0.3, 0.4) is 0 Å². The zero-order valence-corrected chi connectivity index (χ0v) is 13.1. The fraction of sp³-hybridized carbons (Fsp3) is 0.389. The fourth-order valence-electron chi connectivity index (χ4n) is 2.12. The van der Waals surface area contributed by atoms with E-state index < -0.39 is 0 Å². The number of ether oxygens (including phenoxy) is 1.